The number of allylic oxidation sites excluding steroid dienone is 1. The van der Waals surface area contributed by atoms with E-state index in [4.69, 9.17) is 0 Å². The largest absolute Gasteiger partial charge is 0.373 e. The molecule has 3 nitrogen and oxygen atoms in total. The van der Waals surface area contributed by atoms with Gasteiger partial charge in [0.25, 0.3) is 0 Å². The zero-order chi connectivity index (χ0) is 9.42. The molecule has 1 aromatic rings. The van der Waals surface area contributed by atoms with Gasteiger partial charge in [0.1, 0.15) is 5.82 Å². The van der Waals surface area contributed by atoms with Gasteiger partial charge in [-0.2, -0.15) is 0 Å². The van der Waals surface area contributed by atoms with E-state index < -0.39 is 0 Å². The first-order valence-electron chi connectivity index (χ1n) is 4.67. The van der Waals surface area contributed by atoms with Crippen molar-refractivity contribution in [3.05, 3.63) is 23.9 Å². The highest BCUT2D eigenvalue weighted by atomic mass is 15.2. The maximum atomic E-state index is 4.40. The molecule has 0 saturated heterocycles. The summed E-state index contributed by atoms with van der Waals surface area (Å²) in [4.78, 5) is 6.58. The molecule has 13 heavy (non-hydrogen) atoms. The first-order chi connectivity index (χ1) is 6.22. The maximum absolute atomic E-state index is 4.40. The van der Waals surface area contributed by atoms with E-state index in [0.29, 0.717) is 0 Å². The van der Waals surface area contributed by atoms with Gasteiger partial charge >= 0.3 is 0 Å². The van der Waals surface area contributed by atoms with Crippen molar-refractivity contribution in [1.29, 1.82) is 0 Å². The Hall–Kier alpha value is -1.25. The topological polar surface area (TPSA) is 21.1 Å². The Morgan fingerprint density at radius 3 is 3.00 bits per heavy atom. The summed E-state index contributed by atoms with van der Waals surface area (Å²) < 4.78 is 2.25. The standard InChI is InChI=1S/C10H15N3/c1-4-10-11-5-9-7-12(3)6-8(2)13(9)10/h5-6H,4,7H2,1-3H3. The van der Waals surface area contributed by atoms with E-state index in [-0.39, 0.29) is 0 Å². The van der Waals surface area contributed by atoms with Crippen molar-refractivity contribution in [2.45, 2.75) is 26.8 Å². The lowest BCUT2D eigenvalue weighted by Crippen LogP contribution is -2.20. The summed E-state index contributed by atoms with van der Waals surface area (Å²) in [6.45, 7) is 5.23. The van der Waals surface area contributed by atoms with Crippen LogP contribution in [0.3, 0.4) is 0 Å². The lowest BCUT2D eigenvalue weighted by molar-refractivity contribution is 0.425. The number of rotatable bonds is 1. The normalized spacial score (nSPS) is 15.6. The highest BCUT2D eigenvalue weighted by molar-refractivity contribution is 5.46. The molecule has 0 N–H and O–H groups in total. The molecule has 2 rings (SSSR count). The Balaban J connectivity index is 2.51. The molecule has 0 atom stereocenters. The molecule has 1 aliphatic heterocycles. The van der Waals surface area contributed by atoms with Crippen LogP contribution in [0.2, 0.25) is 0 Å². The minimum atomic E-state index is 0.963. The van der Waals surface area contributed by atoms with E-state index in [1.807, 2.05) is 6.20 Å². The molecule has 0 bridgehead atoms. The summed E-state index contributed by atoms with van der Waals surface area (Å²) in [7, 11) is 2.09. The summed E-state index contributed by atoms with van der Waals surface area (Å²) >= 11 is 0. The Kier molecular flexibility index (Phi) is 1.87. The number of aromatic nitrogens is 2. The van der Waals surface area contributed by atoms with E-state index in [9.17, 15) is 0 Å². The fourth-order valence-corrected chi connectivity index (χ4v) is 1.90. The molecule has 0 unspecified atom stereocenters. The Bertz CT molecular complexity index is 349. The van der Waals surface area contributed by atoms with Gasteiger partial charge in [0.2, 0.25) is 0 Å². The minimum Gasteiger partial charge on any atom is -0.373 e. The fraction of sp³-hybridized carbons (Fsp3) is 0.500. The highest BCUT2D eigenvalue weighted by Crippen LogP contribution is 2.20. The summed E-state index contributed by atoms with van der Waals surface area (Å²) in [6.07, 6.45) is 5.13. The summed E-state index contributed by atoms with van der Waals surface area (Å²) in [5.74, 6) is 1.16. The van der Waals surface area contributed by atoms with E-state index in [2.05, 4.69) is 41.5 Å². The Labute approximate surface area is 78.7 Å². The second-order valence-electron chi connectivity index (χ2n) is 3.54. The van der Waals surface area contributed by atoms with Crippen molar-refractivity contribution in [3.8, 4) is 0 Å². The van der Waals surface area contributed by atoms with Crippen LogP contribution in [0.1, 0.15) is 25.4 Å². The van der Waals surface area contributed by atoms with Gasteiger partial charge < -0.3 is 9.47 Å². The molecule has 70 valence electrons. The molecule has 0 radical (unpaired) electrons. The summed E-state index contributed by atoms with van der Waals surface area (Å²) in [5, 5.41) is 0. The minimum absolute atomic E-state index is 0.963. The van der Waals surface area contributed by atoms with Gasteiger partial charge in [-0.1, -0.05) is 6.92 Å². The lowest BCUT2D eigenvalue weighted by Gasteiger charge is -2.24. The zero-order valence-corrected chi connectivity index (χ0v) is 8.41. The molecule has 2 heterocycles. The van der Waals surface area contributed by atoms with Crippen LogP contribution in [-0.2, 0) is 13.0 Å². The highest BCUT2D eigenvalue weighted by Gasteiger charge is 2.15. The van der Waals surface area contributed by atoms with Crippen LogP contribution in [0.25, 0.3) is 5.70 Å². The number of nitrogens with zero attached hydrogens (tertiary/aromatic N) is 3. The molecule has 0 saturated carbocycles. The average molecular weight is 177 g/mol. The van der Waals surface area contributed by atoms with Gasteiger partial charge in [-0.05, 0) is 6.92 Å². The summed E-state index contributed by atoms with van der Waals surface area (Å²) in [5.41, 5.74) is 2.55. The van der Waals surface area contributed by atoms with Crippen LogP contribution in [0.4, 0.5) is 0 Å². The SMILES string of the molecule is CCc1ncc2n1C(C)=CN(C)C2. The Morgan fingerprint density at radius 1 is 1.54 bits per heavy atom. The second-order valence-corrected chi connectivity index (χ2v) is 3.54. The first-order valence-corrected chi connectivity index (χ1v) is 4.67. The molecule has 0 spiro atoms. The van der Waals surface area contributed by atoms with Crippen molar-refractivity contribution in [1.82, 2.24) is 14.5 Å². The van der Waals surface area contributed by atoms with Crippen LogP contribution in [0.15, 0.2) is 12.4 Å². The van der Waals surface area contributed by atoms with Crippen molar-refractivity contribution in [3.63, 3.8) is 0 Å². The molecule has 0 aliphatic carbocycles. The lowest BCUT2D eigenvalue weighted by atomic mass is 10.3. The third kappa shape index (κ3) is 1.24. The molecule has 1 aliphatic rings. The molecular formula is C10H15N3. The van der Waals surface area contributed by atoms with Gasteiger partial charge in [0.05, 0.1) is 18.4 Å². The van der Waals surface area contributed by atoms with Gasteiger partial charge in [-0.25, -0.2) is 4.98 Å². The molecule has 1 aromatic heterocycles. The third-order valence-electron chi connectivity index (χ3n) is 2.40. The average Bonchev–Trinajstić information content (AvgIpc) is 2.47. The maximum Gasteiger partial charge on any atom is 0.112 e. The van der Waals surface area contributed by atoms with Crippen molar-refractivity contribution < 1.29 is 0 Å². The smallest absolute Gasteiger partial charge is 0.112 e. The third-order valence-corrected chi connectivity index (χ3v) is 2.40. The second kappa shape index (κ2) is 2.91. The molecule has 0 aromatic carbocycles. The Morgan fingerprint density at radius 2 is 2.31 bits per heavy atom. The van der Waals surface area contributed by atoms with Crippen molar-refractivity contribution >= 4 is 5.70 Å². The van der Waals surface area contributed by atoms with E-state index >= 15 is 0 Å². The van der Waals surface area contributed by atoms with Crippen molar-refractivity contribution in [2.75, 3.05) is 7.05 Å². The number of hydrogen-bond donors (Lipinski definition) is 0. The van der Waals surface area contributed by atoms with E-state index in [1.54, 1.807) is 0 Å². The predicted octanol–water partition coefficient (Wildman–Crippen LogP) is 1.71. The van der Waals surface area contributed by atoms with Gasteiger partial charge in [0, 0.05) is 25.4 Å². The quantitative estimate of drug-likeness (QED) is 0.651. The first kappa shape index (κ1) is 8.35. The van der Waals surface area contributed by atoms with Gasteiger partial charge in [-0.3, -0.25) is 0 Å². The number of hydrogen-bond acceptors (Lipinski definition) is 2. The van der Waals surface area contributed by atoms with Crippen LogP contribution in [0, 0.1) is 0 Å². The van der Waals surface area contributed by atoms with E-state index in [0.717, 1.165) is 18.8 Å². The monoisotopic (exact) mass is 177 g/mol. The van der Waals surface area contributed by atoms with Crippen LogP contribution < -0.4 is 0 Å². The predicted molar refractivity (Wildman–Crippen MR) is 53.0 cm³/mol. The van der Waals surface area contributed by atoms with Crippen molar-refractivity contribution in [2.24, 2.45) is 0 Å². The zero-order valence-electron chi connectivity index (χ0n) is 8.41. The summed E-state index contributed by atoms with van der Waals surface area (Å²) in [6, 6.07) is 0. The fourth-order valence-electron chi connectivity index (χ4n) is 1.90. The number of imidazole rings is 1. The van der Waals surface area contributed by atoms with Crippen LogP contribution in [-0.4, -0.2) is 21.5 Å². The number of fused-ring (bicyclic) bond motifs is 1. The molecule has 3 heteroatoms. The molecule has 0 fully saturated rings. The van der Waals surface area contributed by atoms with Gasteiger partial charge in [-0.15, -0.1) is 0 Å². The van der Waals surface area contributed by atoms with Gasteiger partial charge in [0.15, 0.2) is 0 Å². The van der Waals surface area contributed by atoms with Crippen LogP contribution in [0.5, 0.6) is 0 Å². The molecular weight excluding hydrogens is 162 g/mol. The van der Waals surface area contributed by atoms with E-state index in [1.165, 1.54) is 11.4 Å². The van der Waals surface area contributed by atoms with Crippen LogP contribution >= 0.6 is 0 Å². The molecule has 0 amide bonds. The number of aryl methyl sites for hydroxylation is 1.